The minimum Gasteiger partial charge on any atom is -0.339 e. The minimum absolute atomic E-state index is 0.0746. The Labute approximate surface area is 98.0 Å². The molecule has 3 atom stereocenters. The van der Waals surface area contributed by atoms with Crippen LogP contribution in [0.3, 0.4) is 0 Å². The molecule has 0 spiro atoms. The summed E-state index contributed by atoms with van der Waals surface area (Å²) < 4.78 is 0. The third-order valence-electron chi connectivity index (χ3n) is 3.94. The fourth-order valence-electron chi connectivity index (χ4n) is 2.59. The Bertz CT molecular complexity index is 269. The lowest BCUT2D eigenvalue weighted by atomic mass is 10.1. The molecule has 0 aliphatic carbocycles. The van der Waals surface area contributed by atoms with Gasteiger partial charge in [-0.05, 0) is 33.7 Å². The summed E-state index contributed by atoms with van der Waals surface area (Å²) in [6.45, 7) is 7.09. The second-order valence-corrected chi connectivity index (χ2v) is 5.31. The maximum atomic E-state index is 12.2. The summed E-state index contributed by atoms with van der Waals surface area (Å²) in [7, 11) is 2.13. The molecular formula is C12H23N3O. The van der Waals surface area contributed by atoms with Gasteiger partial charge < -0.3 is 15.1 Å². The average molecular weight is 225 g/mol. The van der Waals surface area contributed by atoms with Crippen molar-refractivity contribution in [1.29, 1.82) is 0 Å². The molecule has 0 radical (unpaired) electrons. The van der Waals surface area contributed by atoms with Crippen LogP contribution >= 0.6 is 0 Å². The van der Waals surface area contributed by atoms with Crippen molar-refractivity contribution in [3.05, 3.63) is 0 Å². The zero-order valence-electron chi connectivity index (χ0n) is 10.6. The highest BCUT2D eigenvalue weighted by Gasteiger charge is 2.32. The fraction of sp³-hybridized carbons (Fsp3) is 0.917. The molecule has 92 valence electrons. The number of carbonyl (C=O) groups excluding carboxylic acids is 1. The number of likely N-dealkylation sites (N-methyl/N-ethyl adjacent to an activating group) is 1. The standard InChI is InChI=1S/C12H23N3O/c1-9-4-5-11(13-9)12(16)15-7-6-14(3)10(2)8-15/h9-11,13H,4-8H2,1-3H3/t9-,10+,11+/m0/s1. The van der Waals surface area contributed by atoms with E-state index in [1.165, 1.54) is 0 Å². The van der Waals surface area contributed by atoms with Gasteiger partial charge in [0.1, 0.15) is 0 Å². The Morgan fingerprint density at radius 2 is 2.00 bits per heavy atom. The number of rotatable bonds is 1. The molecule has 0 saturated carbocycles. The van der Waals surface area contributed by atoms with Gasteiger partial charge in [-0.1, -0.05) is 0 Å². The van der Waals surface area contributed by atoms with Gasteiger partial charge in [0.25, 0.3) is 0 Å². The number of hydrogen-bond acceptors (Lipinski definition) is 3. The summed E-state index contributed by atoms with van der Waals surface area (Å²) >= 11 is 0. The van der Waals surface area contributed by atoms with Crippen LogP contribution in [0.1, 0.15) is 26.7 Å². The van der Waals surface area contributed by atoms with Crippen molar-refractivity contribution in [2.24, 2.45) is 0 Å². The monoisotopic (exact) mass is 225 g/mol. The molecule has 2 heterocycles. The van der Waals surface area contributed by atoms with Crippen molar-refractivity contribution in [2.45, 2.75) is 44.8 Å². The van der Waals surface area contributed by atoms with E-state index < -0.39 is 0 Å². The third-order valence-corrected chi connectivity index (χ3v) is 3.94. The molecule has 2 fully saturated rings. The molecule has 2 rings (SSSR count). The molecule has 2 aliphatic rings. The van der Waals surface area contributed by atoms with Gasteiger partial charge in [-0.3, -0.25) is 4.79 Å². The lowest BCUT2D eigenvalue weighted by Gasteiger charge is -2.38. The number of nitrogens with zero attached hydrogens (tertiary/aromatic N) is 2. The second-order valence-electron chi connectivity index (χ2n) is 5.31. The largest absolute Gasteiger partial charge is 0.339 e. The first-order valence-electron chi connectivity index (χ1n) is 6.33. The van der Waals surface area contributed by atoms with Crippen LogP contribution in [-0.2, 0) is 4.79 Å². The summed E-state index contributed by atoms with van der Waals surface area (Å²) in [4.78, 5) is 16.6. The molecule has 1 amide bonds. The maximum Gasteiger partial charge on any atom is 0.239 e. The molecular weight excluding hydrogens is 202 g/mol. The van der Waals surface area contributed by atoms with E-state index in [0.29, 0.717) is 18.0 Å². The second kappa shape index (κ2) is 4.72. The van der Waals surface area contributed by atoms with E-state index in [1.807, 2.05) is 4.90 Å². The van der Waals surface area contributed by atoms with Crippen LogP contribution in [0.4, 0.5) is 0 Å². The molecule has 0 aromatic carbocycles. The highest BCUT2D eigenvalue weighted by molar-refractivity contribution is 5.82. The van der Waals surface area contributed by atoms with Crippen LogP contribution in [0.25, 0.3) is 0 Å². The van der Waals surface area contributed by atoms with E-state index in [4.69, 9.17) is 0 Å². The van der Waals surface area contributed by atoms with Gasteiger partial charge in [-0.15, -0.1) is 0 Å². The normalized spacial score (nSPS) is 36.7. The average Bonchev–Trinajstić information content (AvgIpc) is 2.68. The lowest BCUT2D eigenvalue weighted by molar-refractivity contribution is -0.135. The predicted octanol–water partition coefficient (Wildman–Crippen LogP) is 0.289. The van der Waals surface area contributed by atoms with Crippen LogP contribution in [0.2, 0.25) is 0 Å². The Morgan fingerprint density at radius 1 is 1.25 bits per heavy atom. The zero-order chi connectivity index (χ0) is 11.7. The van der Waals surface area contributed by atoms with Gasteiger partial charge in [-0.25, -0.2) is 0 Å². The summed E-state index contributed by atoms with van der Waals surface area (Å²) in [6.07, 6.45) is 2.13. The highest BCUT2D eigenvalue weighted by Crippen LogP contribution is 2.16. The molecule has 2 aliphatic heterocycles. The predicted molar refractivity (Wildman–Crippen MR) is 64.3 cm³/mol. The highest BCUT2D eigenvalue weighted by atomic mass is 16.2. The smallest absolute Gasteiger partial charge is 0.239 e. The van der Waals surface area contributed by atoms with E-state index in [2.05, 4.69) is 31.1 Å². The van der Waals surface area contributed by atoms with Gasteiger partial charge in [0.2, 0.25) is 5.91 Å². The molecule has 0 aromatic heterocycles. The first kappa shape index (κ1) is 11.9. The van der Waals surface area contributed by atoms with Gasteiger partial charge in [0.05, 0.1) is 6.04 Å². The lowest BCUT2D eigenvalue weighted by Crippen LogP contribution is -2.55. The van der Waals surface area contributed by atoms with Crippen LogP contribution < -0.4 is 5.32 Å². The molecule has 4 nitrogen and oxygen atoms in total. The number of hydrogen-bond donors (Lipinski definition) is 1. The molecule has 0 unspecified atom stereocenters. The first-order chi connectivity index (χ1) is 7.58. The Morgan fingerprint density at radius 3 is 2.56 bits per heavy atom. The van der Waals surface area contributed by atoms with Crippen LogP contribution in [-0.4, -0.2) is 60.5 Å². The molecule has 1 N–H and O–H groups in total. The number of amides is 1. The summed E-state index contributed by atoms with van der Waals surface area (Å²) in [5, 5.41) is 3.37. The Kier molecular flexibility index (Phi) is 3.50. The third kappa shape index (κ3) is 2.38. The minimum atomic E-state index is 0.0746. The van der Waals surface area contributed by atoms with E-state index in [9.17, 15) is 4.79 Å². The summed E-state index contributed by atoms with van der Waals surface area (Å²) in [5.74, 6) is 0.310. The van der Waals surface area contributed by atoms with Crippen LogP contribution in [0, 0.1) is 0 Å². The Balaban J connectivity index is 1.90. The van der Waals surface area contributed by atoms with Gasteiger partial charge in [-0.2, -0.15) is 0 Å². The van der Waals surface area contributed by atoms with Crippen molar-refractivity contribution < 1.29 is 4.79 Å². The zero-order valence-corrected chi connectivity index (χ0v) is 10.6. The maximum absolute atomic E-state index is 12.2. The van der Waals surface area contributed by atoms with Gasteiger partial charge >= 0.3 is 0 Å². The fourth-order valence-corrected chi connectivity index (χ4v) is 2.59. The molecule has 16 heavy (non-hydrogen) atoms. The molecule has 0 aromatic rings. The SMILES string of the molecule is C[C@@H]1CN(C(=O)[C@H]2CC[C@H](C)N2)CCN1C. The van der Waals surface area contributed by atoms with Crippen molar-refractivity contribution in [3.8, 4) is 0 Å². The quantitative estimate of drug-likeness (QED) is 0.697. The first-order valence-corrected chi connectivity index (χ1v) is 6.33. The van der Waals surface area contributed by atoms with E-state index in [1.54, 1.807) is 0 Å². The summed E-state index contributed by atoms with van der Waals surface area (Å²) in [6, 6.07) is 1.06. The van der Waals surface area contributed by atoms with Crippen LogP contribution in [0.5, 0.6) is 0 Å². The number of carbonyl (C=O) groups is 1. The topological polar surface area (TPSA) is 35.6 Å². The molecule has 2 saturated heterocycles. The Hall–Kier alpha value is -0.610. The number of piperazine rings is 1. The van der Waals surface area contributed by atoms with Crippen molar-refractivity contribution in [2.75, 3.05) is 26.7 Å². The van der Waals surface area contributed by atoms with Crippen molar-refractivity contribution in [1.82, 2.24) is 15.1 Å². The van der Waals surface area contributed by atoms with Crippen LogP contribution in [0.15, 0.2) is 0 Å². The van der Waals surface area contributed by atoms with E-state index in [0.717, 1.165) is 32.5 Å². The summed E-state index contributed by atoms with van der Waals surface area (Å²) in [5.41, 5.74) is 0. The van der Waals surface area contributed by atoms with Crippen molar-refractivity contribution in [3.63, 3.8) is 0 Å². The van der Waals surface area contributed by atoms with E-state index in [-0.39, 0.29) is 6.04 Å². The molecule has 4 heteroatoms. The van der Waals surface area contributed by atoms with Gasteiger partial charge in [0, 0.05) is 31.7 Å². The number of nitrogens with one attached hydrogen (secondary N) is 1. The van der Waals surface area contributed by atoms with Gasteiger partial charge in [0.15, 0.2) is 0 Å². The van der Waals surface area contributed by atoms with E-state index >= 15 is 0 Å². The molecule has 0 bridgehead atoms. The van der Waals surface area contributed by atoms with Crippen molar-refractivity contribution >= 4 is 5.91 Å².